The zero-order valence-corrected chi connectivity index (χ0v) is 27.1. The van der Waals surface area contributed by atoms with E-state index in [1.54, 1.807) is 19.3 Å². The van der Waals surface area contributed by atoms with Crippen LogP contribution in [0.5, 0.6) is 0 Å². The van der Waals surface area contributed by atoms with E-state index in [1.165, 1.54) is 44.9 Å². The van der Waals surface area contributed by atoms with Crippen LogP contribution < -0.4 is 21.0 Å². The lowest BCUT2D eigenvalue weighted by molar-refractivity contribution is -0.163. The third-order valence-electron chi connectivity index (χ3n) is 9.63. The van der Waals surface area contributed by atoms with E-state index in [1.807, 2.05) is 0 Å². The zero-order valence-electron chi connectivity index (χ0n) is 27.1. The number of hydroxylamine groups is 1. The Kier molecular flexibility index (Phi) is 14.1. The van der Waals surface area contributed by atoms with Crippen LogP contribution in [0, 0.1) is 29.6 Å². The van der Waals surface area contributed by atoms with Gasteiger partial charge < -0.3 is 25.4 Å². The molecule has 2 aliphatic carbocycles. The van der Waals surface area contributed by atoms with Crippen molar-refractivity contribution in [3.05, 3.63) is 18.0 Å². The van der Waals surface area contributed by atoms with Crippen molar-refractivity contribution in [1.29, 1.82) is 0 Å². The zero-order chi connectivity index (χ0) is 31.3. The number of anilines is 1. The molecule has 11 heteroatoms. The Hall–Kier alpha value is -2.34. The summed E-state index contributed by atoms with van der Waals surface area (Å²) in [5.41, 5.74) is 2.76. The monoisotopic (exact) mass is 616 g/mol. The summed E-state index contributed by atoms with van der Waals surface area (Å²) in [6.07, 6.45) is 15.2. The minimum absolute atomic E-state index is 0.296. The lowest BCUT2D eigenvalue weighted by Gasteiger charge is -2.34. The number of carboxylic acid groups (broad SMARTS) is 1. The number of aliphatic carboxylic acids is 1. The van der Waals surface area contributed by atoms with Crippen molar-refractivity contribution in [3.8, 4) is 0 Å². The first-order valence-electron chi connectivity index (χ1n) is 17.1. The number of hydrogen-bond acceptors (Lipinski definition) is 9. The molecule has 0 spiro atoms. The van der Waals surface area contributed by atoms with E-state index in [4.69, 9.17) is 9.57 Å². The number of hydrogen-bond donors (Lipinski definition) is 4. The molecule has 3 aliphatic rings. The summed E-state index contributed by atoms with van der Waals surface area (Å²) in [7, 11) is 0. The maximum Gasteiger partial charge on any atom is 0.320 e. The Labute approximate surface area is 263 Å². The molecule has 1 saturated heterocycles. The average Bonchev–Trinajstić information content (AvgIpc) is 3.04. The number of aromatic nitrogens is 2. The molecule has 2 unspecified atom stereocenters. The minimum atomic E-state index is -0.671. The standard InChI is InChI=1S/C33H56N6O5/c1-23(2)22-43-24(3)44-38-31(40)29-20-36-33(37-21-29)39-15-13-27(14-16-39)18-34-17-25-9-11-26(12-10-25)19-35-30(32(41)42)28-7-5-4-6-8-28/h20-21,23-28,30,34-35H,4-19,22H2,1-3H3,(H,38,40)(H,41,42). The van der Waals surface area contributed by atoms with Crippen LogP contribution in [0.1, 0.15) is 102 Å². The number of carbonyl (C=O) groups excluding carboxylic acids is 1. The van der Waals surface area contributed by atoms with Crippen molar-refractivity contribution >= 4 is 17.8 Å². The Morgan fingerprint density at radius 2 is 1.48 bits per heavy atom. The van der Waals surface area contributed by atoms with Gasteiger partial charge in [-0.1, -0.05) is 33.1 Å². The number of rotatable bonds is 16. The van der Waals surface area contributed by atoms with Crippen molar-refractivity contribution in [2.24, 2.45) is 29.6 Å². The molecule has 1 aliphatic heterocycles. The first-order chi connectivity index (χ1) is 21.3. The highest BCUT2D eigenvalue weighted by Gasteiger charge is 2.30. The van der Waals surface area contributed by atoms with Crippen LogP contribution in [-0.2, 0) is 14.4 Å². The van der Waals surface area contributed by atoms with Gasteiger partial charge in [-0.15, -0.1) is 0 Å². The first kappa shape index (κ1) is 34.5. The number of amides is 1. The number of carbonyl (C=O) groups is 2. The van der Waals surface area contributed by atoms with Gasteiger partial charge in [-0.3, -0.25) is 9.59 Å². The van der Waals surface area contributed by atoms with Gasteiger partial charge in [0.1, 0.15) is 6.04 Å². The molecule has 3 fully saturated rings. The Bertz CT molecular complexity index is 989. The highest BCUT2D eigenvalue weighted by molar-refractivity contribution is 5.92. The van der Waals surface area contributed by atoms with Crippen LogP contribution in [0.3, 0.4) is 0 Å². The number of nitrogens with zero attached hydrogens (tertiary/aromatic N) is 3. The van der Waals surface area contributed by atoms with Gasteiger partial charge in [0.05, 0.1) is 12.2 Å². The summed E-state index contributed by atoms with van der Waals surface area (Å²) in [6, 6.07) is -0.373. The fraction of sp³-hybridized carbons (Fsp3) is 0.818. The van der Waals surface area contributed by atoms with Crippen molar-refractivity contribution in [2.75, 3.05) is 44.2 Å². The molecule has 11 nitrogen and oxygen atoms in total. The molecule has 1 aromatic rings. The highest BCUT2D eigenvalue weighted by atomic mass is 16.8. The van der Waals surface area contributed by atoms with E-state index in [2.05, 4.69) is 44.8 Å². The van der Waals surface area contributed by atoms with Gasteiger partial charge in [-0.25, -0.2) is 20.3 Å². The average molecular weight is 617 g/mol. The van der Waals surface area contributed by atoms with E-state index >= 15 is 0 Å². The summed E-state index contributed by atoms with van der Waals surface area (Å²) < 4.78 is 5.50. The van der Waals surface area contributed by atoms with Crippen LogP contribution in [0.2, 0.25) is 0 Å². The van der Waals surface area contributed by atoms with E-state index in [9.17, 15) is 14.7 Å². The smallest absolute Gasteiger partial charge is 0.320 e. The van der Waals surface area contributed by atoms with Crippen LogP contribution in [0.15, 0.2) is 12.4 Å². The number of carboxylic acids is 1. The van der Waals surface area contributed by atoms with Crippen molar-refractivity contribution < 1.29 is 24.3 Å². The third-order valence-corrected chi connectivity index (χ3v) is 9.63. The van der Waals surface area contributed by atoms with Gasteiger partial charge in [0.2, 0.25) is 5.95 Å². The molecule has 2 saturated carbocycles. The SMILES string of the molecule is CC(C)COC(C)ONC(=O)c1cnc(N2CCC(CNCC3CCC(CNC(C(=O)O)C4CCCCC4)CC3)CC2)nc1. The lowest BCUT2D eigenvalue weighted by atomic mass is 9.80. The molecule has 44 heavy (non-hydrogen) atoms. The quantitative estimate of drug-likeness (QED) is 0.156. The molecule has 1 amide bonds. The molecule has 4 N–H and O–H groups in total. The molecule has 0 aromatic carbocycles. The van der Waals surface area contributed by atoms with Crippen molar-refractivity contribution in [1.82, 2.24) is 26.1 Å². The molecule has 0 bridgehead atoms. The van der Waals surface area contributed by atoms with Gasteiger partial charge in [-0.2, -0.15) is 0 Å². The number of piperidine rings is 1. The molecular weight excluding hydrogens is 560 g/mol. The van der Waals surface area contributed by atoms with Gasteiger partial charge in [0.15, 0.2) is 6.29 Å². The predicted octanol–water partition coefficient (Wildman–Crippen LogP) is 4.39. The first-order valence-corrected chi connectivity index (χ1v) is 17.1. The van der Waals surface area contributed by atoms with E-state index in [0.717, 1.165) is 58.4 Å². The van der Waals surface area contributed by atoms with Crippen LogP contribution in [-0.4, -0.2) is 78.6 Å². The predicted molar refractivity (Wildman–Crippen MR) is 170 cm³/mol. The second-order valence-electron chi connectivity index (χ2n) is 13.7. The largest absolute Gasteiger partial charge is 0.480 e. The summed E-state index contributed by atoms with van der Waals surface area (Å²) in [5.74, 6) is 2.22. The Morgan fingerprint density at radius 3 is 2.07 bits per heavy atom. The van der Waals surface area contributed by atoms with E-state index in [-0.39, 0.29) is 6.04 Å². The van der Waals surface area contributed by atoms with Gasteiger partial charge in [-0.05, 0) is 108 Å². The highest BCUT2D eigenvalue weighted by Crippen LogP contribution is 2.30. The Balaban J connectivity index is 1.07. The molecular formula is C33H56N6O5. The summed E-state index contributed by atoms with van der Waals surface area (Å²) >= 11 is 0. The molecule has 1 aromatic heterocycles. The fourth-order valence-corrected chi connectivity index (χ4v) is 6.84. The lowest BCUT2D eigenvalue weighted by Crippen LogP contribution is -2.46. The number of ether oxygens (including phenoxy) is 1. The van der Waals surface area contributed by atoms with Crippen molar-refractivity contribution in [3.63, 3.8) is 0 Å². The molecule has 2 heterocycles. The third kappa shape index (κ3) is 11.2. The van der Waals surface area contributed by atoms with Crippen LogP contribution in [0.25, 0.3) is 0 Å². The molecule has 4 rings (SSSR count). The van der Waals surface area contributed by atoms with Crippen molar-refractivity contribution in [2.45, 2.75) is 104 Å². The Morgan fingerprint density at radius 1 is 0.886 bits per heavy atom. The van der Waals surface area contributed by atoms with Crippen LogP contribution in [0.4, 0.5) is 5.95 Å². The maximum atomic E-state index is 12.4. The minimum Gasteiger partial charge on any atom is -0.480 e. The second kappa shape index (κ2) is 18.0. The normalized spacial score (nSPS) is 23.4. The second-order valence-corrected chi connectivity index (χ2v) is 13.7. The maximum absolute atomic E-state index is 12.4. The molecule has 0 radical (unpaired) electrons. The topological polar surface area (TPSA) is 138 Å². The number of nitrogens with one attached hydrogen (secondary N) is 3. The molecule has 2 atom stereocenters. The summed E-state index contributed by atoms with van der Waals surface area (Å²) in [4.78, 5) is 40.6. The van der Waals surface area contributed by atoms with Crippen LogP contribution >= 0.6 is 0 Å². The van der Waals surface area contributed by atoms with E-state index in [0.29, 0.717) is 47.7 Å². The molecule has 248 valence electrons. The fourth-order valence-electron chi connectivity index (χ4n) is 6.84. The summed E-state index contributed by atoms with van der Waals surface area (Å²) in [6.45, 7) is 11.2. The van der Waals surface area contributed by atoms with Gasteiger partial charge >= 0.3 is 5.97 Å². The van der Waals surface area contributed by atoms with E-state index < -0.39 is 18.2 Å². The van der Waals surface area contributed by atoms with Gasteiger partial charge in [0.25, 0.3) is 5.91 Å². The van der Waals surface area contributed by atoms with Gasteiger partial charge in [0, 0.05) is 25.5 Å². The summed E-state index contributed by atoms with van der Waals surface area (Å²) in [5, 5.41) is 16.9.